The third kappa shape index (κ3) is 3.09. The SMILES string of the molecule is CCC1=C(CC(=O)O)c2c(OC)cccc2/C1=C\c1ccc2ccccc2c1. The summed E-state index contributed by atoms with van der Waals surface area (Å²) >= 11 is 0. The lowest BCUT2D eigenvalue weighted by molar-refractivity contribution is -0.135. The molecule has 3 nitrogen and oxygen atoms in total. The molecule has 4 rings (SSSR count). The molecule has 0 unspecified atom stereocenters. The molecule has 0 aliphatic heterocycles. The average molecular weight is 370 g/mol. The number of ether oxygens (including phenoxy) is 1. The van der Waals surface area contributed by atoms with Gasteiger partial charge in [0.2, 0.25) is 0 Å². The Hall–Kier alpha value is -3.33. The highest BCUT2D eigenvalue weighted by molar-refractivity contribution is 6.09. The Kier molecular flexibility index (Phi) is 4.74. The summed E-state index contributed by atoms with van der Waals surface area (Å²) in [5.41, 5.74) is 6.08. The highest BCUT2D eigenvalue weighted by atomic mass is 16.5. The molecule has 140 valence electrons. The molecule has 0 aromatic heterocycles. The van der Waals surface area contributed by atoms with Crippen LogP contribution >= 0.6 is 0 Å². The van der Waals surface area contributed by atoms with E-state index in [-0.39, 0.29) is 6.42 Å². The van der Waals surface area contributed by atoms with E-state index in [0.717, 1.165) is 45.6 Å². The van der Waals surface area contributed by atoms with Gasteiger partial charge < -0.3 is 9.84 Å². The number of carboxylic acid groups (broad SMARTS) is 1. The molecule has 3 heteroatoms. The van der Waals surface area contributed by atoms with Crippen LogP contribution in [-0.2, 0) is 4.79 Å². The van der Waals surface area contributed by atoms with Crippen LogP contribution in [0.4, 0.5) is 0 Å². The van der Waals surface area contributed by atoms with Gasteiger partial charge in [-0.15, -0.1) is 0 Å². The molecule has 28 heavy (non-hydrogen) atoms. The Morgan fingerprint density at radius 2 is 1.79 bits per heavy atom. The van der Waals surface area contributed by atoms with Gasteiger partial charge in [0.1, 0.15) is 5.75 Å². The van der Waals surface area contributed by atoms with Gasteiger partial charge >= 0.3 is 5.97 Å². The van der Waals surface area contributed by atoms with Gasteiger partial charge in [-0.2, -0.15) is 0 Å². The molecule has 0 amide bonds. The largest absolute Gasteiger partial charge is 0.496 e. The first-order valence-electron chi connectivity index (χ1n) is 9.44. The zero-order valence-electron chi connectivity index (χ0n) is 16.0. The maximum atomic E-state index is 11.5. The van der Waals surface area contributed by atoms with Crippen LogP contribution < -0.4 is 4.74 Å². The van der Waals surface area contributed by atoms with Crippen LogP contribution in [0.25, 0.3) is 28.0 Å². The molecule has 0 atom stereocenters. The van der Waals surface area contributed by atoms with E-state index >= 15 is 0 Å². The number of benzene rings is 3. The monoisotopic (exact) mass is 370 g/mol. The summed E-state index contributed by atoms with van der Waals surface area (Å²) in [6.45, 7) is 2.07. The summed E-state index contributed by atoms with van der Waals surface area (Å²) in [5, 5.41) is 11.9. The maximum absolute atomic E-state index is 11.5. The number of hydrogen-bond acceptors (Lipinski definition) is 2. The summed E-state index contributed by atoms with van der Waals surface area (Å²) in [6, 6.07) is 20.6. The Morgan fingerprint density at radius 1 is 1.00 bits per heavy atom. The standard InChI is InChI=1S/C25H22O3/c1-3-19-21(14-16-11-12-17-7-4-5-8-18(17)13-16)20-9-6-10-23(28-2)25(20)22(19)15-24(26)27/h4-14H,3,15H2,1-2H3,(H,26,27)/b21-14-. The summed E-state index contributed by atoms with van der Waals surface area (Å²) in [4.78, 5) is 11.5. The lowest BCUT2D eigenvalue weighted by Gasteiger charge is -2.10. The minimum absolute atomic E-state index is 0.00833. The number of carbonyl (C=O) groups is 1. The van der Waals surface area contributed by atoms with E-state index < -0.39 is 5.97 Å². The molecule has 0 heterocycles. The Morgan fingerprint density at radius 3 is 2.50 bits per heavy atom. The third-order valence-corrected chi connectivity index (χ3v) is 5.29. The van der Waals surface area contributed by atoms with E-state index in [2.05, 4.69) is 49.4 Å². The predicted molar refractivity (Wildman–Crippen MR) is 114 cm³/mol. The minimum Gasteiger partial charge on any atom is -0.496 e. The van der Waals surface area contributed by atoms with E-state index in [0.29, 0.717) is 0 Å². The Balaban J connectivity index is 1.93. The number of hydrogen-bond donors (Lipinski definition) is 1. The van der Waals surface area contributed by atoms with Crippen LogP contribution in [0, 0.1) is 0 Å². The van der Waals surface area contributed by atoms with Gasteiger partial charge in [-0.3, -0.25) is 4.79 Å². The molecule has 0 fully saturated rings. The van der Waals surface area contributed by atoms with Crippen molar-refractivity contribution in [1.82, 2.24) is 0 Å². The second kappa shape index (κ2) is 7.35. The van der Waals surface area contributed by atoms with Crippen LogP contribution in [0.5, 0.6) is 5.75 Å². The molecule has 3 aromatic carbocycles. The van der Waals surface area contributed by atoms with Gasteiger partial charge in [-0.1, -0.05) is 55.5 Å². The first-order valence-corrected chi connectivity index (χ1v) is 9.44. The summed E-state index contributed by atoms with van der Waals surface area (Å²) in [7, 11) is 1.63. The van der Waals surface area contributed by atoms with Crippen LogP contribution in [-0.4, -0.2) is 18.2 Å². The van der Waals surface area contributed by atoms with Gasteiger partial charge in [0.05, 0.1) is 13.5 Å². The fraction of sp³-hybridized carbons (Fsp3) is 0.160. The lowest BCUT2D eigenvalue weighted by atomic mass is 9.97. The first-order chi connectivity index (χ1) is 13.6. The Labute approximate surface area is 164 Å². The van der Waals surface area contributed by atoms with Crippen molar-refractivity contribution < 1.29 is 14.6 Å². The molecule has 0 spiro atoms. The molecule has 0 saturated carbocycles. The molecule has 0 bridgehead atoms. The number of allylic oxidation sites excluding steroid dienone is 2. The third-order valence-electron chi connectivity index (χ3n) is 5.29. The van der Waals surface area contributed by atoms with Crippen molar-refractivity contribution in [3.8, 4) is 5.75 Å². The quantitative estimate of drug-likeness (QED) is 0.595. The van der Waals surface area contributed by atoms with Crippen LogP contribution in [0.1, 0.15) is 36.5 Å². The van der Waals surface area contributed by atoms with Crippen molar-refractivity contribution in [2.75, 3.05) is 7.11 Å². The van der Waals surface area contributed by atoms with Gasteiger partial charge in [0, 0.05) is 5.56 Å². The molecule has 1 aliphatic rings. The second-order valence-corrected chi connectivity index (χ2v) is 6.93. The molecule has 3 aromatic rings. The van der Waals surface area contributed by atoms with E-state index in [1.807, 2.05) is 24.3 Å². The van der Waals surface area contributed by atoms with Gasteiger partial charge in [0.15, 0.2) is 0 Å². The normalized spacial score (nSPS) is 14.6. The van der Waals surface area contributed by atoms with Crippen molar-refractivity contribution in [3.05, 3.63) is 82.9 Å². The highest BCUT2D eigenvalue weighted by Gasteiger charge is 2.29. The van der Waals surface area contributed by atoms with E-state index in [1.165, 1.54) is 10.8 Å². The van der Waals surface area contributed by atoms with Gasteiger partial charge in [-0.05, 0) is 63.2 Å². The van der Waals surface area contributed by atoms with Crippen molar-refractivity contribution in [1.29, 1.82) is 0 Å². The fourth-order valence-corrected chi connectivity index (χ4v) is 4.09. The number of carboxylic acids is 1. The molecular weight excluding hydrogens is 348 g/mol. The number of methoxy groups -OCH3 is 1. The van der Waals surface area contributed by atoms with Gasteiger partial charge in [0.25, 0.3) is 0 Å². The van der Waals surface area contributed by atoms with E-state index in [4.69, 9.17) is 4.74 Å². The smallest absolute Gasteiger partial charge is 0.307 e. The number of fused-ring (bicyclic) bond motifs is 2. The summed E-state index contributed by atoms with van der Waals surface area (Å²) < 4.78 is 5.56. The zero-order chi connectivity index (χ0) is 19.7. The van der Waals surface area contributed by atoms with Crippen molar-refractivity contribution in [3.63, 3.8) is 0 Å². The summed E-state index contributed by atoms with van der Waals surface area (Å²) in [6.07, 6.45) is 2.92. The van der Waals surface area contributed by atoms with Crippen molar-refractivity contribution >= 4 is 34.0 Å². The molecule has 0 radical (unpaired) electrons. The maximum Gasteiger partial charge on any atom is 0.307 e. The second-order valence-electron chi connectivity index (χ2n) is 6.93. The molecule has 0 saturated heterocycles. The van der Waals surface area contributed by atoms with Crippen LogP contribution in [0.3, 0.4) is 0 Å². The van der Waals surface area contributed by atoms with Crippen molar-refractivity contribution in [2.24, 2.45) is 0 Å². The molecule has 1 aliphatic carbocycles. The van der Waals surface area contributed by atoms with E-state index in [1.54, 1.807) is 7.11 Å². The average Bonchev–Trinajstić information content (AvgIpc) is 3.00. The summed E-state index contributed by atoms with van der Waals surface area (Å²) in [5.74, 6) is -0.105. The zero-order valence-corrected chi connectivity index (χ0v) is 16.0. The Bertz CT molecular complexity index is 1140. The first kappa shape index (κ1) is 18.1. The molecular formula is C25H22O3. The molecule has 1 N–H and O–H groups in total. The highest BCUT2D eigenvalue weighted by Crippen LogP contribution is 2.48. The van der Waals surface area contributed by atoms with Crippen LogP contribution in [0.2, 0.25) is 0 Å². The number of aliphatic carboxylic acids is 1. The lowest BCUT2D eigenvalue weighted by Crippen LogP contribution is -1.99. The van der Waals surface area contributed by atoms with Crippen LogP contribution in [0.15, 0.2) is 66.2 Å². The topological polar surface area (TPSA) is 46.5 Å². The van der Waals surface area contributed by atoms with Crippen molar-refractivity contribution in [2.45, 2.75) is 19.8 Å². The number of rotatable bonds is 5. The predicted octanol–water partition coefficient (Wildman–Crippen LogP) is 6.04. The minimum atomic E-state index is -0.829. The van der Waals surface area contributed by atoms with Gasteiger partial charge in [-0.25, -0.2) is 0 Å². The van der Waals surface area contributed by atoms with E-state index in [9.17, 15) is 9.90 Å². The fourth-order valence-electron chi connectivity index (χ4n) is 4.09.